The van der Waals surface area contributed by atoms with E-state index in [4.69, 9.17) is 4.74 Å². The van der Waals surface area contributed by atoms with Crippen LogP contribution in [0.1, 0.15) is 65.1 Å². The zero-order valence-corrected chi connectivity index (χ0v) is 24.0. The Hall–Kier alpha value is -3.01. The van der Waals surface area contributed by atoms with Crippen LogP contribution in [0.5, 0.6) is 0 Å². The SMILES string of the molecule is C=Cc1cccc(C(C(=O)NCC(=O)OC)N(C(=O)C(CCSC)NC(=O)OC(C)(C)C)C(C)(C)C)c1. The molecule has 1 aromatic rings. The van der Waals surface area contributed by atoms with Gasteiger partial charge >= 0.3 is 12.1 Å². The number of nitrogens with zero attached hydrogens (tertiary/aromatic N) is 1. The van der Waals surface area contributed by atoms with Crippen molar-refractivity contribution in [3.05, 3.63) is 42.0 Å². The molecule has 0 saturated carbocycles. The van der Waals surface area contributed by atoms with Crippen LogP contribution in [0.3, 0.4) is 0 Å². The highest BCUT2D eigenvalue weighted by molar-refractivity contribution is 7.98. The van der Waals surface area contributed by atoms with Crippen LogP contribution in [0.4, 0.5) is 4.79 Å². The quantitative estimate of drug-likeness (QED) is 0.413. The van der Waals surface area contributed by atoms with E-state index in [0.29, 0.717) is 17.7 Å². The Kier molecular flexibility index (Phi) is 12.2. The zero-order valence-electron chi connectivity index (χ0n) is 23.2. The van der Waals surface area contributed by atoms with Gasteiger partial charge in [0.05, 0.1) is 7.11 Å². The topological polar surface area (TPSA) is 114 Å². The largest absolute Gasteiger partial charge is 0.468 e. The third-order valence-corrected chi connectivity index (χ3v) is 5.81. The molecule has 37 heavy (non-hydrogen) atoms. The Morgan fingerprint density at radius 3 is 2.30 bits per heavy atom. The Bertz CT molecular complexity index is 968. The summed E-state index contributed by atoms with van der Waals surface area (Å²) in [7, 11) is 1.23. The number of alkyl carbamates (subject to hydrolysis) is 1. The van der Waals surface area contributed by atoms with E-state index in [0.717, 1.165) is 5.56 Å². The molecule has 10 heteroatoms. The van der Waals surface area contributed by atoms with Gasteiger partial charge in [0.15, 0.2) is 0 Å². The predicted molar refractivity (Wildman–Crippen MR) is 147 cm³/mol. The number of hydrogen-bond donors (Lipinski definition) is 2. The van der Waals surface area contributed by atoms with Crippen molar-refractivity contribution in [1.82, 2.24) is 15.5 Å². The Balaban J connectivity index is 3.58. The number of hydrogen-bond acceptors (Lipinski definition) is 7. The molecule has 206 valence electrons. The van der Waals surface area contributed by atoms with E-state index in [2.05, 4.69) is 21.9 Å². The summed E-state index contributed by atoms with van der Waals surface area (Å²) in [6, 6.07) is 5.05. The average molecular weight is 536 g/mol. The highest BCUT2D eigenvalue weighted by Gasteiger charge is 2.41. The first kappa shape index (κ1) is 32.0. The van der Waals surface area contributed by atoms with Crippen LogP contribution < -0.4 is 10.6 Å². The highest BCUT2D eigenvalue weighted by atomic mass is 32.2. The first-order valence-electron chi connectivity index (χ1n) is 12.0. The molecule has 2 unspecified atom stereocenters. The van der Waals surface area contributed by atoms with Gasteiger partial charge < -0.3 is 25.0 Å². The fraction of sp³-hybridized carbons (Fsp3) is 0.556. The average Bonchev–Trinajstić information content (AvgIpc) is 2.80. The van der Waals surface area contributed by atoms with Crippen LogP contribution in [0, 0.1) is 0 Å². The van der Waals surface area contributed by atoms with Crippen LogP contribution in [-0.2, 0) is 23.9 Å². The molecule has 0 aliphatic rings. The summed E-state index contributed by atoms with van der Waals surface area (Å²) < 4.78 is 10.0. The molecular formula is C27H41N3O6S. The molecule has 0 bridgehead atoms. The molecular weight excluding hydrogens is 494 g/mol. The molecule has 0 aliphatic carbocycles. The minimum Gasteiger partial charge on any atom is -0.468 e. The first-order valence-corrected chi connectivity index (χ1v) is 13.4. The van der Waals surface area contributed by atoms with Crippen LogP contribution in [-0.4, -0.2) is 71.6 Å². The third kappa shape index (κ3) is 10.5. The lowest BCUT2D eigenvalue weighted by Crippen LogP contribution is -2.59. The van der Waals surface area contributed by atoms with Gasteiger partial charge in [0.1, 0.15) is 24.2 Å². The lowest BCUT2D eigenvalue weighted by atomic mass is 9.94. The number of ether oxygens (including phenoxy) is 2. The molecule has 0 heterocycles. The van der Waals surface area contributed by atoms with Crippen molar-refractivity contribution in [1.29, 1.82) is 0 Å². The number of carbonyl (C=O) groups is 4. The molecule has 0 aromatic heterocycles. The number of methoxy groups -OCH3 is 1. The Labute approximate surface area is 224 Å². The number of carbonyl (C=O) groups excluding carboxylic acids is 4. The van der Waals surface area contributed by atoms with E-state index in [1.165, 1.54) is 23.8 Å². The maximum atomic E-state index is 14.1. The van der Waals surface area contributed by atoms with Crippen molar-refractivity contribution in [2.75, 3.05) is 25.7 Å². The van der Waals surface area contributed by atoms with E-state index in [-0.39, 0.29) is 6.54 Å². The number of amides is 3. The van der Waals surface area contributed by atoms with Gasteiger partial charge in [-0.3, -0.25) is 14.4 Å². The molecule has 0 spiro atoms. The monoisotopic (exact) mass is 535 g/mol. The summed E-state index contributed by atoms with van der Waals surface area (Å²) in [5.41, 5.74) is -0.302. The predicted octanol–water partition coefficient (Wildman–Crippen LogP) is 3.93. The summed E-state index contributed by atoms with van der Waals surface area (Å²) in [6.45, 7) is 14.1. The van der Waals surface area contributed by atoms with Crippen molar-refractivity contribution in [2.45, 2.75) is 71.2 Å². The van der Waals surface area contributed by atoms with Crippen LogP contribution in [0.2, 0.25) is 0 Å². The van der Waals surface area contributed by atoms with Gasteiger partial charge in [-0.2, -0.15) is 11.8 Å². The van der Waals surface area contributed by atoms with Gasteiger partial charge in [0, 0.05) is 5.54 Å². The van der Waals surface area contributed by atoms with E-state index in [1.54, 1.807) is 45.0 Å². The van der Waals surface area contributed by atoms with Gasteiger partial charge in [-0.1, -0.05) is 30.9 Å². The highest BCUT2D eigenvalue weighted by Crippen LogP contribution is 2.31. The van der Waals surface area contributed by atoms with Crippen LogP contribution in [0.15, 0.2) is 30.8 Å². The number of rotatable bonds is 11. The number of thioether (sulfide) groups is 1. The van der Waals surface area contributed by atoms with Crippen molar-refractivity contribution in [3.8, 4) is 0 Å². The smallest absolute Gasteiger partial charge is 0.408 e. The molecule has 9 nitrogen and oxygen atoms in total. The maximum absolute atomic E-state index is 14.1. The van der Waals surface area contributed by atoms with E-state index in [9.17, 15) is 19.2 Å². The molecule has 1 rings (SSSR count). The van der Waals surface area contributed by atoms with Crippen molar-refractivity contribution in [3.63, 3.8) is 0 Å². The molecule has 2 atom stereocenters. The van der Waals surface area contributed by atoms with Gasteiger partial charge in [0.2, 0.25) is 11.8 Å². The van der Waals surface area contributed by atoms with Crippen LogP contribution in [0.25, 0.3) is 6.08 Å². The third-order valence-electron chi connectivity index (χ3n) is 5.16. The number of benzene rings is 1. The zero-order chi connectivity index (χ0) is 28.4. The fourth-order valence-corrected chi connectivity index (χ4v) is 4.03. The van der Waals surface area contributed by atoms with Crippen molar-refractivity contribution >= 4 is 41.7 Å². The van der Waals surface area contributed by atoms with Crippen molar-refractivity contribution in [2.24, 2.45) is 0 Å². The first-order chi connectivity index (χ1) is 17.1. The van der Waals surface area contributed by atoms with E-state index < -0.39 is 47.1 Å². The molecule has 0 saturated heterocycles. The Morgan fingerprint density at radius 1 is 1.14 bits per heavy atom. The Morgan fingerprint density at radius 2 is 1.78 bits per heavy atom. The normalized spacial score (nSPS) is 13.1. The lowest BCUT2D eigenvalue weighted by Gasteiger charge is -2.43. The fourth-order valence-electron chi connectivity index (χ4n) is 3.56. The number of esters is 1. The van der Waals surface area contributed by atoms with Gasteiger partial charge in [-0.15, -0.1) is 0 Å². The number of nitrogens with one attached hydrogen (secondary N) is 2. The summed E-state index contributed by atoms with van der Waals surface area (Å²) in [6.07, 6.45) is 3.15. The van der Waals surface area contributed by atoms with E-state index >= 15 is 0 Å². The molecule has 2 N–H and O–H groups in total. The van der Waals surface area contributed by atoms with Gasteiger partial charge in [-0.05, 0) is 77.2 Å². The second-order valence-electron chi connectivity index (χ2n) is 10.4. The molecule has 0 aliphatic heterocycles. The van der Waals surface area contributed by atoms with Gasteiger partial charge in [0.25, 0.3) is 0 Å². The van der Waals surface area contributed by atoms with Crippen molar-refractivity contribution < 1.29 is 28.7 Å². The molecule has 1 aromatic carbocycles. The molecule has 0 radical (unpaired) electrons. The standard InChI is InChI=1S/C27H41N3O6S/c1-10-18-12-11-13-19(16-18)22(23(32)28-17-21(31)35-8)30(26(2,3)4)24(33)20(14-15-37-9)29-25(34)36-27(5,6)7/h10-13,16,20,22H,1,14-15,17H2,2-9H3,(H,28,32)(H,29,34). The lowest BCUT2D eigenvalue weighted by molar-refractivity contribution is -0.149. The van der Waals surface area contributed by atoms with E-state index in [1.807, 2.05) is 33.1 Å². The van der Waals surface area contributed by atoms with Crippen LogP contribution >= 0.6 is 11.8 Å². The summed E-state index contributed by atoms with van der Waals surface area (Å²) in [4.78, 5) is 53.5. The maximum Gasteiger partial charge on any atom is 0.408 e. The summed E-state index contributed by atoms with van der Waals surface area (Å²) >= 11 is 1.53. The van der Waals surface area contributed by atoms with Gasteiger partial charge in [-0.25, -0.2) is 4.79 Å². The second-order valence-corrected chi connectivity index (χ2v) is 11.4. The molecule has 3 amide bonds. The minimum absolute atomic E-state index is 0.328. The second kappa shape index (κ2) is 14.1. The molecule has 0 fully saturated rings. The summed E-state index contributed by atoms with van der Waals surface area (Å²) in [5, 5.41) is 5.28. The summed E-state index contributed by atoms with van der Waals surface area (Å²) in [5.74, 6) is -1.04. The minimum atomic E-state index is -1.10.